The van der Waals surface area contributed by atoms with Gasteiger partial charge in [-0.2, -0.15) is 5.26 Å². The van der Waals surface area contributed by atoms with Gasteiger partial charge in [-0.25, -0.2) is 16.8 Å². The summed E-state index contributed by atoms with van der Waals surface area (Å²) < 4.78 is 46.8. The van der Waals surface area contributed by atoms with Crippen molar-refractivity contribution in [3.8, 4) is 6.07 Å². The molecule has 0 aromatic heterocycles. The van der Waals surface area contributed by atoms with Crippen molar-refractivity contribution in [1.29, 1.82) is 5.26 Å². The summed E-state index contributed by atoms with van der Waals surface area (Å²) in [7, 11) is -7.08. The van der Waals surface area contributed by atoms with Gasteiger partial charge in [0, 0.05) is 6.42 Å². The van der Waals surface area contributed by atoms with Crippen molar-refractivity contribution in [1.82, 2.24) is 0 Å². The largest absolute Gasteiger partial charge is 0.481 e. The first-order chi connectivity index (χ1) is 13.6. The van der Waals surface area contributed by atoms with Gasteiger partial charge >= 0.3 is 5.97 Å². The third-order valence-electron chi connectivity index (χ3n) is 4.82. The van der Waals surface area contributed by atoms with E-state index in [-0.39, 0.29) is 5.75 Å². The lowest BCUT2D eigenvalue weighted by atomic mass is 9.89. The van der Waals surface area contributed by atoms with Crippen LogP contribution in [0.5, 0.6) is 0 Å². The number of nitrogens with zero attached hydrogens (tertiary/aromatic N) is 1. The maximum absolute atomic E-state index is 12.6. The Labute approximate surface area is 181 Å². The van der Waals surface area contributed by atoms with Crippen molar-refractivity contribution in [2.45, 2.75) is 84.0 Å². The first-order valence-electron chi connectivity index (χ1n) is 10.1. The second-order valence-electron chi connectivity index (χ2n) is 7.37. The molecule has 0 heterocycles. The Morgan fingerprint density at radius 1 is 1.03 bits per heavy atom. The minimum atomic E-state index is -3.98. The van der Waals surface area contributed by atoms with Crippen molar-refractivity contribution in [3.63, 3.8) is 0 Å². The molecule has 29 heavy (non-hydrogen) atoms. The molecule has 1 N–H and O–H groups in total. The Morgan fingerprint density at radius 3 is 1.93 bits per heavy atom. The van der Waals surface area contributed by atoms with Crippen LogP contribution >= 0.6 is 12.2 Å². The van der Waals surface area contributed by atoms with Crippen molar-refractivity contribution in [2.75, 3.05) is 11.5 Å². The molecule has 0 bridgehead atoms. The van der Waals surface area contributed by atoms with E-state index in [0.29, 0.717) is 12.8 Å². The molecular formula is C19H33NO6S3. The molecule has 0 aliphatic carbocycles. The van der Waals surface area contributed by atoms with Crippen LogP contribution in [0, 0.1) is 16.7 Å². The first-order valence-corrected chi connectivity index (χ1v) is 13.6. The number of hydrogen-bond donors (Lipinski definition) is 2. The van der Waals surface area contributed by atoms with Crippen LogP contribution in [0.4, 0.5) is 0 Å². The molecule has 0 fully saturated rings. The highest BCUT2D eigenvalue weighted by Gasteiger charge is 2.42. The average Bonchev–Trinajstić information content (AvgIpc) is 2.65. The highest BCUT2D eigenvalue weighted by molar-refractivity contribution is 8.17. The zero-order valence-electron chi connectivity index (χ0n) is 17.1. The van der Waals surface area contributed by atoms with Crippen LogP contribution in [-0.4, -0.2) is 43.6 Å². The number of aliphatic carboxylic acids is 1. The van der Waals surface area contributed by atoms with Gasteiger partial charge in [0.15, 0.2) is 9.84 Å². The average molecular weight is 468 g/mol. The highest BCUT2D eigenvalue weighted by atomic mass is 32.2. The summed E-state index contributed by atoms with van der Waals surface area (Å²) in [6.07, 6.45) is 9.31. The van der Waals surface area contributed by atoms with Crippen LogP contribution in [0.3, 0.4) is 0 Å². The molecule has 10 heteroatoms. The lowest BCUT2D eigenvalue weighted by Crippen LogP contribution is -2.39. The van der Waals surface area contributed by atoms with Crippen LogP contribution in [-0.2, 0) is 25.3 Å². The Kier molecular flexibility index (Phi) is 14.3. The molecule has 0 aromatic carbocycles. The quantitative estimate of drug-likeness (QED) is 0.188. The third kappa shape index (κ3) is 11.6. The monoisotopic (exact) mass is 467 g/mol. The van der Waals surface area contributed by atoms with Gasteiger partial charge in [-0.05, 0) is 12.8 Å². The molecule has 1 atom stereocenters. The third-order valence-corrected chi connectivity index (χ3v) is 8.55. The highest BCUT2D eigenvalue weighted by Crippen LogP contribution is 2.30. The number of nitriles is 1. The molecule has 0 aliphatic rings. The predicted octanol–water partition coefficient (Wildman–Crippen LogP) is 3.64. The van der Waals surface area contributed by atoms with Gasteiger partial charge in [-0.15, -0.1) is 0 Å². The van der Waals surface area contributed by atoms with E-state index in [1.54, 1.807) is 6.07 Å². The number of thiol groups is 1. The van der Waals surface area contributed by atoms with Gasteiger partial charge in [0.1, 0.15) is 20.3 Å². The number of unbranched alkanes of at least 4 members (excludes halogenated alkanes) is 9. The second kappa shape index (κ2) is 14.9. The zero-order chi connectivity index (χ0) is 22.3. The minimum Gasteiger partial charge on any atom is -0.481 e. The molecule has 0 spiro atoms. The zero-order valence-corrected chi connectivity index (χ0v) is 19.6. The molecule has 0 radical (unpaired) electrons. The van der Waals surface area contributed by atoms with Crippen molar-refractivity contribution in [3.05, 3.63) is 0 Å². The molecule has 0 rings (SSSR count). The van der Waals surface area contributed by atoms with Gasteiger partial charge in [-0.3, -0.25) is 4.79 Å². The number of carbonyl (C=O) groups is 1. The van der Waals surface area contributed by atoms with E-state index < -0.39 is 54.7 Å². The van der Waals surface area contributed by atoms with Crippen LogP contribution < -0.4 is 0 Å². The van der Waals surface area contributed by atoms with Gasteiger partial charge < -0.3 is 5.11 Å². The summed E-state index contributed by atoms with van der Waals surface area (Å²) in [6, 6.07) is 1.68. The molecular weight excluding hydrogens is 434 g/mol. The van der Waals surface area contributed by atoms with E-state index in [2.05, 4.69) is 6.92 Å². The van der Waals surface area contributed by atoms with E-state index >= 15 is 0 Å². The molecule has 1 unspecified atom stereocenters. The number of carboxylic acid groups (broad SMARTS) is 1. The second-order valence-corrected chi connectivity index (χ2v) is 11.1. The topological polar surface area (TPSA) is 129 Å². The normalized spacial score (nSPS) is 13.7. The molecule has 0 aromatic rings. The van der Waals surface area contributed by atoms with Gasteiger partial charge in [-0.1, -0.05) is 76.9 Å². The summed E-state index contributed by atoms with van der Waals surface area (Å²) in [5.41, 5.74) is -2.00. The lowest BCUT2D eigenvalue weighted by Gasteiger charge is -2.24. The fourth-order valence-corrected chi connectivity index (χ4v) is 6.19. The van der Waals surface area contributed by atoms with E-state index in [9.17, 15) is 26.9 Å². The van der Waals surface area contributed by atoms with Crippen LogP contribution in [0.25, 0.3) is 0 Å². The molecule has 168 valence electrons. The Hall–Kier alpha value is -1.05. The minimum absolute atomic E-state index is 0.255. The van der Waals surface area contributed by atoms with Gasteiger partial charge in [0.05, 0.1) is 17.6 Å². The fraction of sp³-hybridized carbons (Fsp3) is 0.842. The summed E-state index contributed by atoms with van der Waals surface area (Å²) in [5.74, 6) is -2.29. The number of thiocarbonyl (C=S) groups is 1. The van der Waals surface area contributed by atoms with Crippen molar-refractivity contribution < 1.29 is 26.7 Å². The molecule has 0 aliphatic heterocycles. The Balaban J connectivity index is 4.65. The number of carboxylic acids is 1. The van der Waals surface area contributed by atoms with Crippen LogP contribution in [0.2, 0.25) is 0 Å². The predicted molar refractivity (Wildman–Crippen MR) is 118 cm³/mol. The van der Waals surface area contributed by atoms with E-state index in [4.69, 9.17) is 17.3 Å². The SMILES string of the molecule is CCCCCCCCCCCCS(=O)(=O)C(=S)C(C#N)(CCC(=O)O)C[SH](=O)=O. The summed E-state index contributed by atoms with van der Waals surface area (Å²) in [4.78, 5) is 10.8. The molecule has 0 saturated heterocycles. The van der Waals surface area contributed by atoms with Crippen LogP contribution in [0.1, 0.15) is 84.0 Å². The summed E-state index contributed by atoms with van der Waals surface area (Å²) in [5, 5.41) is 18.3. The van der Waals surface area contributed by atoms with Crippen molar-refractivity contribution >= 4 is 42.9 Å². The maximum Gasteiger partial charge on any atom is 0.303 e. The molecule has 0 saturated carbocycles. The Morgan fingerprint density at radius 2 is 1.52 bits per heavy atom. The van der Waals surface area contributed by atoms with E-state index in [0.717, 1.165) is 19.3 Å². The van der Waals surface area contributed by atoms with Crippen LogP contribution in [0.15, 0.2) is 0 Å². The van der Waals surface area contributed by atoms with E-state index in [1.807, 2.05) is 0 Å². The van der Waals surface area contributed by atoms with Gasteiger partial charge in [0.25, 0.3) is 0 Å². The number of hydrogen-bond acceptors (Lipinski definition) is 7. The first kappa shape index (κ1) is 27.9. The smallest absolute Gasteiger partial charge is 0.303 e. The molecule has 7 nitrogen and oxygen atoms in total. The van der Waals surface area contributed by atoms with E-state index in [1.165, 1.54) is 32.1 Å². The molecule has 0 amide bonds. The fourth-order valence-electron chi connectivity index (χ4n) is 3.09. The maximum atomic E-state index is 12.6. The summed E-state index contributed by atoms with van der Waals surface area (Å²) >= 11 is 4.99. The Bertz CT molecular complexity index is 732. The van der Waals surface area contributed by atoms with Crippen molar-refractivity contribution in [2.24, 2.45) is 5.41 Å². The number of rotatable bonds is 17. The van der Waals surface area contributed by atoms with Gasteiger partial charge in [0.2, 0.25) is 0 Å². The standard InChI is InChI=1S/C19H33NO6S3/c1-2-3-4-5-6-7-8-9-10-11-14-29(25,26)18(27)19(15-20,16-28(23)24)13-12-17(21)22/h28H,2-14,16H2,1H3,(H,21,22). The lowest BCUT2D eigenvalue weighted by molar-refractivity contribution is -0.137. The number of sulfone groups is 1. The summed E-state index contributed by atoms with van der Waals surface area (Å²) in [6.45, 7) is 2.17.